The van der Waals surface area contributed by atoms with Gasteiger partial charge in [0.1, 0.15) is 11.4 Å². The first-order valence-corrected chi connectivity index (χ1v) is 6.08. The third-order valence-corrected chi connectivity index (χ3v) is 3.26. The average molecular weight is 303 g/mol. The van der Waals surface area contributed by atoms with Gasteiger partial charge < -0.3 is 9.47 Å². The molecule has 5 heteroatoms. The summed E-state index contributed by atoms with van der Waals surface area (Å²) in [5.41, 5.74) is -0.551. The van der Waals surface area contributed by atoms with E-state index in [1.807, 2.05) is 0 Å². The molecule has 1 saturated heterocycles. The Balaban J connectivity index is 2.24. The number of hydrogen-bond donors (Lipinski definition) is 0. The molecule has 3 nitrogen and oxygen atoms in total. The second-order valence-electron chi connectivity index (χ2n) is 3.98. The van der Waals surface area contributed by atoms with Crippen molar-refractivity contribution in [2.24, 2.45) is 0 Å². The third kappa shape index (κ3) is 2.21. The fraction of sp³-hybridized carbons (Fsp3) is 0.417. The fourth-order valence-corrected chi connectivity index (χ4v) is 2.15. The number of esters is 1. The van der Waals surface area contributed by atoms with Gasteiger partial charge in [0, 0.05) is 10.0 Å². The SMILES string of the molecule is CCOC(=O)C1OC1(C)c1cc(Br)ccc1F. The van der Waals surface area contributed by atoms with Gasteiger partial charge in [0.15, 0.2) is 6.10 Å². The van der Waals surface area contributed by atoms with E-state index in [1.165, 1.54) is 6.07 Å². The van der Waals surface area contributed by atoms with Crippen molar-refractivity contribution in [1.82, 2.24) is 0 Å². The van der Waals surface area contributed by atoms with E-state index < -0.39 is 17.7 Å². The molecule has 0 radical (unpaired) electrons. The lowest BCUT2D eigenvalue weighted by atomic mass is 9.97. The zero-order valence-electron chi connectivity index (χ0n) is 9.50. The third-order valence-electron chi connectivity index (χ3n) is 2.77. The molecule has 0 aromatic heterocycles. The van der Waals surface area contributed by atoms with Crippen LogP contribution in [0.2, 0.25) is 0 Å². The van der Waals surface area contributed by atoms with E-state index in [0.717, 1.165) is 4.47 Å². The van der Waals surface area contributed by atoms with Gasteiger partial charge in [-0.25, -0.2) is 9.18 Å². The van der Waals surface area contributed by atoms with Crippen LogP contribution in [0, 0.1) is 5.82 Å². The molecule has 0 spiro atoms. The van der Waals surface area contributed by atoms with Gasteiger partial charge >= 0.3 is 5.97 Å². The van der Waals surface area contributed by atoms with Crippen LogP contribution in [0.25, 0.3) is 0 Å². The normalized spacial score (nSPS) is 26.7. The summed E-state index contributed by atoms with van der Waals surface area (Å²) in [6.45, 7) is 3.69. The average Bonchev–Trinajstić information content (AvgIpc) is 2.96. The largest absolute Gasteiger partial charge is 0.464 e. The summed E-state index contributed by atoms with van der Waals surface area (Å²) in [7, 11) is 0. The number of carbonyl (C=O) groups is 1. The highest BCUT2D eigenvalue weighted by atomic mass is 79.9. The highest BCUT2D eigenvalue weighted by Crippen LogP contribution is 2.47. The number of benzene rings is 1. The van der Waals surface area contributed by atoms with Gasteiger partial charge in [-0.1, -0.05) is 15.9 Å². The monoisotopic (exact) mass is 302 g/mol. The number of epoxide rings is 1. The van der Waals surface area contributed by atoms with Crippen molar-refractivity contribution in [3.63, 3.8) is 0 Å². The van der Waals surface area contributed by atoms with Crippen molar-refractivity contribution >= 4 is 21.9 Å². The van der Waals surface area contributed by atoms with E-state index >= 15 is 0 Å². The van der Waals surface area contributed by atoms with Gasteiger partial charge in [-0.05, 0) is 32.0 Å². The number of ether oxygens (including phenoxy) is 2. The summed E-state index contributed by atoms with van der Waals surface area (Å²) in [5.74, 6) is -0.836. The van der Waals surface area contributed by atoms with Crippen molar-refractivity contribution in [3.8, 4) is 0 Å². The van der Waals surface area contributed by atoms with Crippen LogP contribution in [0.4, 0.5) is 4.39 Å². The molecule has 1 aliphatic rings. The van der Waals surface area contributed by atoms with Crippen molar-refractivity contribution in [2.75, 3.05) is 6.61 Å². The summed E-state index contributed by atoms with van der Waals surface area (Å²) in [6.07, 6.45) is -0.716. The van der Waals surface area contributed by atoms with Crippen LogP contribution in [0.1, 0.15) is 19.4 Å². The van der Waals surface area contributed by atoms with Gasteiger partial charge in [-0.3, -0.25) is 0 Å². The Bertz CT molecular complexity index is 463. The minimum atomic E-state index is -0.917. The van der Waals surface area contributed by atoms with Crippen LogP contribution in [-0.2, 0) is 19.9 Å². The van der Waals surface area contributed by atoms with Crippen molar-refractivity contribution in [1.29, 1.82) is 0 Å². The molecule has 92 valence electrons. The molecule has 1 aliphatic heterocycles. The molecule has 1 aromatic carbocycles. The smallest absolute Gasteiger partial charge is 0.338 e. The van der Waals surface area contributed by atoms with Gasteiger partial charge in [-0.2, -0.15) is 0 Å². The fourth-order valence-electron chi connectivity index (χ4n) is 1.78. The maximum Gasteiger partial charge on any atom is 0.338 e. The van der Waals surface area contributed by atoms with E-state index in [2.05, 4.69) is 15.9 Å². The molecule has 0 bridgehead atoms. The maximum atomic E-state index is 13.7. The molecule has 0 N–H and O–H groups in total. The maximum absolute atomic E-state index is 13.7. The predicted octanol–water partition coefficient (Wildman–Crippen LogP) is 2.77. The second-order valence-corrected chi connectivity index (χ2v) is 4.90. The van der Waals surface area contributed by atoms with Crippen molar-refractivity contribution < 1.29 is 18.7 Å². The molecule has 2 atom stereocenters. The Morgan fingerprint density at radius 1 is 1.65 bits per heavy atom. The van der Waals surface area contributed by atoms with Gasteiger partial charge in [0.25, 0.3) is 0 Å². The van der Waals surface area contributed by atoms with Gasteiger partial charge in [0.05, 0.1) is 6.61 Å². The lowest BCUT2D eigenvalue weighted by Crippen LogP contribution is -2.19. The van der Waals surface area contributed by atoms with E-state index in [9.17, 15) is 9.18 Å². The lowest BCUT2D eigenvalue weighted by molar-refractivity contribution is -0.144. The molecule has 17 heavy (non-hydrogen) atoms. The summed E-state index contributed by atoms with van der Waals surface area (Å²) in [6, 6.07) is 4.56. The van der Waals surface area contributed by atoms with Crippen LogP contribution in [-0.4, -0.2) is 18.7 Å². The molecule has 0 aliphatic carbocycles. The molecular weight excluding hydrogens is 291 g/mol. The first-order chi connectivity index (χ1) is 7.99. The first-order valence-electron chi connectivity index (χ1n) is 5.29. The molecule has 0 saturated carbocycles. The first kappa shape index (κ1) is 12.5. The van der Waals surface area contributed by atoms with Gasteiger partial charge in [0.2, 0.25) is 0 Å². The minimum absolute atomic E-state index is 0.287. The summed E-state index contributed by atoms with van der Waals surface area (Å²) in [5, 5.41) is 0. The summed E-state index contributed by atoms with van der Waals surface area (Å²) >= 11 is 3.27. The summed E-state index contributed by atoms with van der Waals surface area (Å²) < 4.78 is 24.6. The number of halogens is 2. The predicted molar refractivity (Wildman–Crippen MR) is 63.0 cm³/mol. The topological polar surface area (TPSA) is 38.8 Å². The van der Waals surface area contributed by atoms with E-state index in [-0.39, 0.29) is 12.4 Å². The Morgan fingerprint density at radius 2 is 2.35 bits per heavy atom. The minimum Gasteiger partial charge on any atom is -0.464 e. The summed E-state index contributed by atoms with van der Waals surface area (Å²) in [4.78, 5) is 11.5. The van der Waals surface area contributed by atoms with Crippen LogP contribution in [0.3, 0.4) is 0 Å². The van der Waals surface area contributed by atoms with E-state index in [4.69, 9.17) is 9.47 Å². The van der Waals surface area contributed by atoms with Crippen LogP contribution in [0.15, 0.2) is 22.7 Å². The molecule has 2 rings (SSSR count). The Hall–Kier alpha value is -0.940. The van der Waals surface area contributed by atoms with Crippen molar-refractivity contribution in [3.05, 3.63) is 34.1 Å². The second kappa shape index (κ2) is 4.38. The van der Waals surface area contributed by atoms with Crippen molar-refractivity contribution in [2.45, 2.75) is 25.6 Å². The van der Waals surface area contributed by atoms with E-state index in [1.54, 1.807) is 26.0 Å². The van der Waals surface area contributed by atoms with Crippen LogP contribution < -0.4 is 0 Å². The molecule has 2 unspecified atom stereocenters. The van der Waals surface area contributed by atoms with E-state index in [0.29, 0.717) is 5.56 Å². The van der Waals surface area contributed by atoms with Crippen LogP contribution in [0.5, 0.6) is 0 Å². The quantitative estimate of drug-likeness (QED) is 0.636. The highest BCUT2D eigenvalue weighted by Gasteiger charge is 2.60. The molecule has 1 fully saturated rings. The molecule has 0 amide bonds. The zero-order chi connectivity index (χ0) is 12.6. The standard InChI is InChI=1S/C12H12BrFO3/c1-3-16-11(15)10-12(2,17-10)8-6-7(13)4-5-9(8)14/h4-6,10H,3H2,1-2H3. The molecular formula is C12H12BrFO3. The number of rotatable bonds is 3. The lowest BCUT2D eigenvalue weighted by Gasteiger charge is -2.08. The molecule has 1 aromatic rings. The Labute approximate surface area is 107 Å². The number of carbonyl (C=O) groups excluding carboxylic acids is 1. The zero-order valence-corrected chi connectivity index (χ0v) is 11.1. The van der Waals surface area contributed by atoms with Crippen LogP contribution >= 0.6 is 15.9 Å². The number of hydrogen-bond acceptors (Lipinski definition) is 3. The molecule has 1 heterocycles. The van der Waals surface area contributed by atoms with Gasteiger partial charge in [-0.15, -0.1) is 0 Å². The Kier molecular flexibility index (Phi) is 3.23. The Morgan fingerprint density at radius 3 is 3.00 bits per heavy atom. The highest BCUT2D eigenvalue weighted by molar-refractivity contribution is 9.10.